The highest BCUT2D eigenvalue weighted by Crippen LogP contribution is 2.38. The van der Waals surface area contributed by atoms with Gasteiger partial charge in [0.1, 0.15) is 18.0 Å². The van der Waals surface area contributed by atoms with Gasteiger partial charge in [-0.25, -0.2) is 14.1 Å². The fourth-order valence-electron chi connectivity index (χ4n) is 3.50. The van der Waals surface area contributed by atoms with Crippen molar-refractivity contribution in [1.29, 1.82) is 0 Å². The Hall–Kier alpha value is -3.98. The van der Waals surface area contributed by atoms with Gasteiger partial charge in [-0.3, -0.25) is 14.9 Å². The fourth-order valence-corrected chi connectivity index (χ4v) is 4.07. The minimum Gasteiger partial charge on any atom is -0.493 e. The van der Waals surface area contributed by atoms with Crippen molar-refractivity contribution in [1.82, 2.24) is 5.32 Å². The van der Waals surface area contributed by atoms with Gasteiger partial charge < -0.3 is 9.47 Å². The Morgan fingerprint density at radius 3 is 2.49 bits per heavy atom. The number of nitrogens with zero attached hydrogens (tertiary/aromatic N) is 1. The Morgan fingerprint density at radius 2 is 1.80 bits per heavy atom. The summed E-state index contributed by atoms with van der Waals surface area (Å²) in [4.78, 5) is 38.9. The molecule has 0 aliphatic carbocycles. The van der Waals surface area contributed by atoms with Gasteiger partial charge in [0.15, 0.2) is 11.5 Å². The topological polar surface area (TPSA) is 84.9 Å². The molecule has 1 saturated heterocycles. The standard InChI is InChI=1S/C26H20BrFN2O5/c1-15-6-8-19(9-7-15)30-25(32)20(24(31)29-26(30)33)11-17-12-21(27)23(22(13-17)34-2)35-14-16-4-3-5-18(28)10-16/h3-13H,14H2,1-2H3,(H,29,31,33)/b20-11+. The first-order chi connectivity index (χ1) is 16.8. The lowest BCUT2D eigenvalue weighted by Gasteiger charge is -2.26. The highest BCUT2D eigenvalue weighted by atomic mass is 79.9. The van der Waals surface area contributed by atoms with E-state index in [0.717, 1.165) is 10.5 Å². The van der Waals surface area contributed by atoms with Crippen LogP contribution in [-0.2, 0) is 16.2 Å². The van der Waals surface area contributed by atoms with E-state index >= 15 is 0 Å². The Labute approximate surface area is 209 Å². The van der Waals surface area contributed by atoms with Crippen LogP contribution in [0.25, 0.3) is 6.08 Å². The lowest BCUT2D eigenvalue weighted by atomic mass is 10.1. The molecule has 3 aromatic rings. The number of ether oxygens (including phenoxy) is 2. The van der Waals surface area contributed by atoms with Crippen molar-refractivity contribution in [2.75, 3.05) is 12.0 Å². The van der Waals surface area contributed by atoms with Gasteiger partial charge in [0.2, 0.25) is 0 Å². The Bertz CT molecular complexity index is 1350. The van der Waals surface area contributed by atoms with E-state index in [1.807, 2.05) is 6.92 Å². The first-order valence-corrected chi connectivity index (χ1v) is 11.3. The number of amides is 4. The number of nitrogens with one attached hydrogen (secondary N) is 1. The first-order valence-electron chi connectivity index (χ1n) is 10.5. The van der Waals surface area contributed by atoms with Gasteiger partial charge in [-0.1, -0.05) is 29.8 Å². The summed E-state index contributed by atoms with van der Waals surface area (Å²) >= 11 is 3.43. The lowest BCUT2D eigenvalue weighted by molar-refractivity contribution is -0.122. The second-order valence-electron chi connectivity index (χ2n) is 7.75. The molecule has 1 aliphatic heterocycles. The fraction of sp³-hybridized carbons (Fsp3) is 0.115. The Balaban J connectivity index is 1.64. The Morgan fingerprint density at radius 1 is 1.06 bits per heavy atom. The molecule has 0 atom stereocenters. The van der Waals surface area contributed by atoms with Crippen LogP contribution in [0.5, 0.6) is 11.5 Å². The maximum absolute atomic E-state index is 13.5. The molecule has 1 aliphatic rings. The number of hydrogen-bond acceptors (Lipinski definition) is 5. The van der Waals surface area contributed by atoms with E-state index in [1.54, 1.807) is 48.5 Å². The molecule has 35 heavy (non-hydrogen) atoms. The molecule has 0 radical (unpaired) electrons. The molecule has 4 amide bonds. The molecule has 0 aromatic heterocycles. The monoisotopic (exact) mass is 538 g/mol. The molecular formula is C26H20BrFN2O5. The van der Waals surface area contributed by atoms with Crippen molar-refractivity contribution in [3.8, 4) is 11.5 Å². The maximum Gasteiger partial charge on any atom is 0.335 e. The van der Waals surface area contributed by atoms with Crippen molar-refractivity contribution >= 4 is 45.5 Å². The van der Waals surface area contributed by atoms with Crippen LogP contribution in [0.2, 0.25) is 0 Å². The minimum atomic E-state index is -0.819. The van der Waals surface area contributed by atoms with Crippen LogP contribution in [-0.4, -0.2) is 25.0 Å². The van der Waals surface area contributed by atoms with Crippen LogP contribution in [0.15, 0.2) is 70.7 Å². The molecule has 1 fully saturated rings. The number of aryl methyl sites for hydroxylation is 1. The number of benzene rings is 3. The molecule has 4 rings (SSSR count). The highest BCUT2D eigenvalue weighted by molar-refractivity contribution is 9.10. The number of rotatable bonds is 6. The van der Waals surface area contributed by atoms with Crippen LogP contribution in [0, 0.1) is 12.7 Å². The van der Waals surface area contributed by atoms with E-state index in [0.29, 0.717) is 32.8 Å². The van der Waals surface area contributed by atoms with Gasteiger partial charge in [0, 0.05) is 0 Å². The summed E-state index contributed by atoms with van der Waals surface area (Å²) in [6.07, 6.45) is 1.37. The van der Waals surface area contributed by atoms with Crippen molar-refractivity contribution in [2.45, 2.75) is 13.5 Å². The average molecular weight is 539 g/mol. The van der Waals surface area contributed by atoms with Gasteiger partial charge in [0.25, 0.3) is 11.8 Å². The zero-order valence-electron chi connectivity index (χ0n) is 18.8. The number of hydrogen-bond donors (Lipinski definition) is 1. The zero-order valence-corrected chi connectivity index (χ0v) is 20.4. The number of halogens is 2. The summed E-state index contributed by atoms with van der Waals surface area (Å²) in [6, 6.07) is 15.2. The summed E-state index contributed by atoms with van der Waals surface area (Å²) in [5.41, 5.74) is 2.19. The average Bonchev–Trinajstić information content (AvgIpc) is 2.82. The van der Waals surface area contributed by atoms with Crippen LogP contribution < -0.4 is 19.7 Å². The van der Waals surface area contributed by atoms with E-state index < -0.39 is 17.8 Å². The molecule has 3 aromatic carbocycles. The molecule has 9 heteroatoms. The van der Waals surface area contributed by atoms with Gasteiger partial charge in [-0.2, -0.15) is 0 Å². The number of carbonyl (C=O) groups is 3. The van der Waals surface area contributed by atoms with Crippen molar-refractivity contribution in [3.63, 3.8) is 0 Å². The number of anilines is 1. The predicted octanol–water partition coefficient (Wildman–Crippen LogP) is 5.15. The second-order valence-corrected chi connectivity index (χ2v) is 8.60. The number of imide groups is 2. The normalized spacial score (nSPS) is 14.8. The van der Waals surface area contributed by atoms with E-state index in [1.165, 1.54) is 25.3 Å². The third-order valence-corrected chi connectivity index (χ3v) is 5.82. The van der Waals surface area contributed by atoms with E-state index in [-0.39, 0.29) is 18.0 Å². The second kappa shape index (κ2) is 10.1. The summed E-state index contributed by atoms with van der Waals surface area (Å²) in [7, 11) is 1.45. The smallest absolute Gasteiger partial charge is 0.335 e. The number of carbonyl (C=O) groups excluding carboxylic acids is 3. The van der Waals surface area contributed by atoms with Gasteiger partial charge in [-0.15, -0.1) is 0 Å². The first kappa shape index (κ1) is 24.2. The Kier molecular flexibility index (Phi) is 6.97. The summed E-state index contributed by atoms with van der Waals surface area (Å²) in [6.45, 7) is 1.98. The van der Waals surface area contributed by atoms with E-state index in [2.05, 4.69) is 21.2 Å². The lowest BCUT2D eigenvalue weighted by Crippen LogP contribution is -2.54. The van der Waals surface area contributed by atoms with Gasteiger partial charge in [0.05, 0.1) is 17.3 Å². The molecule has 0 unspecified atom stereocenters. The van der Waals surface area contributed by atoms with Crippen LogP contribution in [0.3, 0.4) is 0 Å². The summed E-state index contributed by atoms with van der Waals surface area (Å²) < 4.78 is 25.2. The summed E-state index contributed by atoms with van der Waals surface area (Å²) in [5.74, 6) is -1.21. The minimum absolute atomic E-state index is 0.0989. The number of methoxy groups -OCH3 is 1. The summed E-state index contributed by atoms with van der Waals surface area (Å²) in [5, 5.41) is 2.20. The number of urea groups is 1. The molecule has 7 nitrogen and oxygen atoms in total. The van der Waals surface area contributed by atoms with Gasteiger partial charge >= 0.3 is 6.03 Å². The molecule has 0 bridgehead atoms. The van der Waals surface area contributed by atoms with Crippen molar-refractivity contribution in [3.05, 3.63) is 93.2 Å². The molecular weight excluding hydrogens is 519 g/mol. The SMILES string of the molecule is COc1cc(/C=C2\C(=O)NC(=O)N(c3ccc(C)cc3)C2=O)cc(Br)c1OCc1cccc(F)c1. The van der Waals surface area contributed by atoms with Crippen LogP contribution in [0.1, 0.15) is 16.7 Å². The quantitative estimate of drug-likeness (QED) is 0.346. The molecule has 178 valence electrons. The van der Waals surface area contributed by atoms with E-state index in [4.69, 9.17) is 9.47 Å². The van der Waals surface area contributed by atoms with Crippen molar-refractivity contribution < 1.29 is 28.2 Å². The van der Waals surface area contributed by atoms with Crippen LogP contribution in [0.4, 0.5) is 14.9 Å². The molecule has 0 saturated carbocycles. The highest BCUT2D eigenvalue weighted by Gasteiger charge is 2.36. The zero-order chi connectivity index (χ0) is 25.1. The largest absolute Gasteiger partial charge is 0.493 e. The third kappa shape index (κ3) is 5.25. The van der Waals surface area contributed by atoms with Crippen LogP contribution >= 0.6 is 15.9 Å². The third-order valence-electron chi connectivity index (χ3n) is 5.23. The maximum atomic E-state index is 13.5. The molecule has 1 N–H and O–H groups in total. The van der Waals surface area contributed by atoms with Gasteiger partial charge in [-0.05, 0) is 76.5 Å². The van der Waals surface area contributed by atoms with E-state index in [9.17, 15) is 18.8 Å². The predicted molar refractivity (Wildman–Crippen MR) is 132 cm³/mol. The number of barbiturate groups is 1. The molecule has 1 heterocycles. The van der Waals surface area contributed by atoms with Crippen molar-refractivity contribution in [2.24, 2.45) is 0 Å². The molecule has 0 spiro atoms.